The first-order valence-electron chi connectivity index (χ1n) is 8.99. The van der Waals surface area contributed by atoms with Gasteiger partial charge in [0.2, 0.25) is 0 Å². The van der Waals surface area contributed by atoms with Gasteiger partial charge in [0, 0.05) is 23.2 Å². The van der Waals surface area contributed by atoms with Gasteiger partial charge in [0.25, 0.3) is 5.56 Å². The zero-order valence-corrected chi connectivity index (χ0v) is 16.6. The van der Waals surface area contributed by atoms with Crippen LogP contribution < -0.4 is 10.3 Å². The number of hydrogen-bond acceptors (Lipinski definition) is 4. The lowest BCUT2D eigenvalue weighted by Gasteiger charge is -2.05. The maximum atomic E-state index is 12.1. The van der Waals surface area contributed by atoms with Crippen molar-refractivity contribution in [1.29, 1.82) is 0 Å². The van der Waals surface area contributed by atoms with Gasteiger partial charge >= 0.3 is 0 Å². The number of benzene rings is 2. The van der Waals surface area contributed by atoms with Gasteiger partial charge in [0.1, 0.15) is 10.8 Å². The molecule has 0 bridgehead atoms. The van der Waals surface area contributed by atoms with E-state index in [9.17, 15) is 4.79 Å². The quantitative estimate of drug-likeness (QED) is 0.483. The standard InChI is InChI=1S/C23H20N2O2S/c1-16-11-12-25(23(26)13-16)14-22-24-21(15-28-22)19-5-3-17(4-6-19)18-7-9-20(27-2)10-8-18/h3-13,15H,14H2,1-2H3. The van der Waals surface area contributed by atoms with E-state index in [4.69, 9.17) is 9.72 Å². The van der Waals surface area contributed by atoms with Crippen LogP contribution in [0.1, 0.15) is 10.6 Å². The molecule has 0 aliphatic carbocycles. The molecule has 140 valence electrons. The summed E-state index contributed by atoms with van der Waals surface area (Å²) >= 11 is 1.57. The number of pyridine rings is 1. The fourth-order valence-corrected chi connectivity index (χ4v) is 3.82. The number of hydrogen-bond donors (Lipinski definition) is 0. The van der Waals surface area contributed by atoms with E-state index in [-0.39, 0.29) is 5.56 Å². The van der Waals surface area contributed by atoms with Crippen LogP contribution in [0.15, 0.2) is 77.0 Å². The van der Waals surface area contributed by atoms with E-state index in [2.05, 4.69) is 24.3 Å². The van der Waals surface area contributed by atoms with Crippen LogP contribution in [0.3, 0.4) is 0 Å². The molecular formula is C23H20N2O2S. The molecule has 4 rings (SSSR count). The summed E-state index contributed by atoms with van der Waals surface area (Å²) in [4.78, 5) is 16.8. The second kappa shape index (κ2) is 7.82. The number of ether oxygens (including phenoxy) is 1. The third kappa shape index (κ3) is 3.89. The van der Waals surface area contributed by atoms with Crippen LogP contribution in [0.25, 0.3) is 22.4 Å². The first kappa shape index (κ1) is 18.2. The van der Waals surface area contributed by atoms with Crippen LogP contribution in [0.2, 0.25) is 0 Å². The fraction of sp³-hybridized carbons (Fsp3) is 0.130. The van der Waals surface area contributed by atoms with Gasteiger partial charge in [0.05, 0.1) is 19.3 Å². The van der Waals surface area contributed by atoms with Gasteiger partial charge in [0.15, 0.2) is 0 Å². The normalized spacial score (nSPS) is 10.8. The second-order valence-corrected chi connectivity index (χ2v) is 7.55. The van der Waals surface area contributed by atoms with E-state index >= 15 is 0 Å². The van der Waals surface area contributed by atoms with Crippen molar-refractivity contribution >= 4 is 11.3 Å². The van der Waals surface area contributed by atoms with Crippen LogP contribution in [0.4, 0.5) is 0 Å². The van der Waals surface area contributed by atoms with Crippen molar-refractivity contribution in [3.63, 3.8) is 0 Å². The molecule has 2 heterocycles. The van der Waals surface area contributed by atoms with Crippen molar-refractivity contribution in [3.8, 4) is 28.1 Å². The molecule has 0 atom stereocenters. The topological polar surface area (TPSA) is 44.1 Å². The van der Waals surface area contributed by atoms with Crippen LogP contribution in [0, 0.1) is 6.92 Å². The molecule has 0 radical (unpaired) electrons. The summed E-state index contributed by atoms with van der Waals surface area (Å²) in [6.07, 6.45) is 1.82. The van der Waals surface area contributed by atoms with Gasteiger partial charge in [-0.05, 0) is 41.8 Å². The minimum atomic E-state index is 0.000550. The number of aromatic nitrogens is 2. The smallest absolute Gasteiger partial charge is 0.251 e. The lowest BCUT2D eigenvalue weighted by Crippen LogP contribution is -2.19. The lowest BCUT2D eigenvalue weighted by molar-refractivity contribution is 0.415. The second-order valence-electron chi connectivity index (χ2n) is 6.60. The summed E-state index contributed by atoms with van der Waals surface area (Å²) in [7, 11) is 1.67. The van der Waals surface area contributed by atoms with Crippen molar-refractivity contribution in [2.45, 2.75) is 13.5 Å². The molecule has 0 aliphatic heterocycles. The zero-order chi connectivity index (χ0) is 19.5. The zero-order valence-electron chi connectivity index (χ0n) is 15.8. The summed E-state index contributed by atoms with van der Waals surface area (Å²) in [5.41, 5.74) is 5.26. The van der Waals surface area contributed by atoms with Crippen molar-refractivity contribution in [1.82, 2.24) is 9.55 Å². The summed E-state index contributed by atoms with van der Waals surface area (Å²) < 4.78 is 6.89. The molecule has 0 N–H and O–H groups in total. The Morgan fingerprint density at radius 1 is 0.964 bits per heavy atom. The van der Waals surface area contributed by atoms with Gasteiger partial charge in [-0.25, -0.2) is 4.98 Å². The minimum absolute atomic E-state index is 0.000550. The van der Waals surface area contributed by atoms with Crippen molar-refractivity contribution in [3.05, 3.63) is 93.2 Å². The lowest BCUT2D eigenvalue weighted by atomic mass is 10.0. The first-order valence-corrected chi connectivity index (χ1v) is 9.87. The summed E-state index contributed by atoms with van der Waals surface area (Å²) in [5, 5.41) is 2.96. The van der Waals surface area contributed by atoms with Gasteiger partial charge in [-0.15, -0.1) is 11.3 Å². The summed E-state index contributed by atoms with van der Waals surface area (Å²) in [5.74, 6) is 0.850. The third-order valence-electron chi connectivity index (χ3n) is 4.61. The highest BCUT2D eigenvalue weighted by Crippen LogP contribution is 2.27. The number of methoxy groups -OCH3 is 1. The molecular weight excluding hydrogens is 368 g/mol. The molecule has 0 amide bonds. The van der Waals surface area contributed by atoms with Crippen LogP contribution in [0.5, 0.6) is 5.75 Å². The van der Waals surface area contributed by atoms with Gasteiger partial charge in [-0.2, -0.15) is 0 Å². The van der Waals surface area contributed by atoms with E-state index in [1.54, 1.807) is 29.1 Å². The van der Waals surface area contributed by atoms with E-state index in [1.807, 2.05) is 48.8 Å². The van der Waals surface area contributed by atoms with Crippen LogP contribution in [-0.2, 0) is 6.54 Å². The Balaban J connectivity index is 1.52. The van der Waals surface area contributed by atoms with Crippen LogP contribution in [-0.4, -0.2) is 16.7 Å². The molecule has 28 heavy (non-hydrogen) atoms. The number of thiazole rings is 1. The van der Waals surface area contributed by atoms with E-state index < -0.39 is 0 Å². The Hall–Kier alpha value is -3.18. The van der Waals surface area contributed by atoms with Crippen molar-refractivity contribution in [2.24, 2.45) is 0 Å². The summed E-state index contributed by atoms with van der Waals surface area (Å²) in [6, 6.07) is 20.0. The highest BCUT2D eigenvalue weighted by Gasteiger charge is 2.07. The summed E-state index contributed by atoms with van der Waals surface area (Å²) in [6.45, 7) is 2.41. The van der Waals surface area contributed by atoms with Gasteiger partial charge < -0.3 is 9.30 Å². The maximum absolute atomic E-state index is 12.1. The van der Waals surface area contributed by atoms with E-state index in [0.717, 1.165) is 38.7 Å². The Labute approximate surface area is 167 Å². The molecule has 0 saturated carbocycles. The number of nitrogens with zero attached hydrogens (tertiary/aromatic N) is 2. The Morgan fingerprint density at radius 3 is 2.25 bits per heavy atom. The van der Waals surface area contributed by atoms with Crippen molar-refractivity contribution in [2.75, 3.05) is 7.11 Å². The molecule has 0 fully saturated rings. The molecule has 2 aromatic carbocycles. The first-order chi connectivity index (χ1) is 13.6. The van der Waals surface area contributed by atoms with Crippen LogP contribution >= 0.6 is 11.3 Å². The number of aryl methyl sites for hydroxylation is 1. The average molecular weight is 388 g/mol. The van der Waals surface area contributed by atoms with E-state index in [1.165, 1.54) is 0 Å². The Bertz CT molecular complexity index is 1140. The van der Waals surface area contributed by atoms with Gasteiger partial charge in [-0.1, -0.05) is 36.4 Å². The molecule has 4 nitrogen and oxygen atoms in total. The Kier molecular flexibility index (Phi) is 5.08. The third-order valence-corrected chi connectivity index (χ3v) is 5.45. The predicted octanol–water partition coefficient (Wildman–Crippen LogP) is 5.00. The largest absolute Gasteiger partial charge is 0.497 e. The Morgan fingerprint density at radius 2 is 1.61 bits per heavy atom. The molecule has 0 unspecified atom stereocenters. The monoisotopic (exact) mass is 388 g/mol. The molecule has 4 aromatic rings. The highest BCUT2D eigenvalue weighted by atomic mass is 32.1. The molecule has 5 heteroatoms. The molecule has 0 aliphatic rings. The van der Waals surface area contributed by atoms with Crippen molar-refractivity contribution < 1.29 is 4.74 Å². The average Bonchev–Trinajstić information content (AvgIpc) is 3.19. The molecule has 0 saturated heterocycles. The SMILES string of the molecule is COc1ccc(-c2ccc(-c3csc(Cn4ccc(C)cc4=O)n3)cc2)cc1. The number of rotatable bonds is 5. The highest BCUT2D eigenvalue weighted by molar-refractivity contribution is 7.09. The molecule has 0 spiro atoms. The fourth-order valence-electron chi connectivity index (χ4n) is 3.02. The predicted molar refractivity (Wildman–Crippen MR) is 114 cm³/mol. The van der Waals surface area contributed by atoms with E-state index in [0.29, 0.717) is 6.54 Å². The van der Waals surface area contributed by atoms with Gasteiger partial charge in [-0.3, -0.25) is 4.79 Å². The maximum Gasteiger partial charge on any atom is 0.251 e. The molecule has 2 aromatic heterocycles. The minimum Gasteiger partial charge on any atom is -0.497 e.